The molecule has 0 atom stereocenters. The number of rotatable bonds is 4. The Kier molecular flexibility index (Phi) is 4.06. The van der Waals surface area contributed by atoms with Crippen molar-refractivity contribution in [1.82, 2.24) is 0 Å². The van der Waals surface area contributed by atoms with E-state index in [-0.39, 0.29) is 6.61 Å². The van der Waals surface area contributed by atoms with Gasteiger partial charge in [0, 0.05) is 0 Å². The fourth-order valence-corrected chi connectivity index (χ4v) is 0.668. The van der Waals surface area contributed by atoms with Crippen LogP contribution in [0.3, 0.4) is 0 Å². The maximum absolute atomic E-state index is 10.5. The standard InChI is InChI=1S/C5H10O5S/c1-3-9-5(6)4-10-11(2,7)8/h3-4H2,1-2H3. The van der Waals surface area contributed by atoms with E-state index in [0.29, 0.717) is 0 Å². The molecule has 0 N–H and O–H groups in total. The summed E-state index contributed by atoms with van der Waals surface area (Å²) in [4.78, 5) is 10.5. The summed E-state index contributed by atoms with van der Waals surface area (Å²) in [7, 11) is -3.54. The Balaban J connectivity index is 3.64. The lowest BCUT2D eigenvalue weighted by Crippen LogP contribution is -2.15. The molecule has 0 bridgehead atoms. The van der Waals surface area contributed by atoms with E-state index < -0.39 is 22.7 Å². The molecule has 0 aromatic carbocycles. The van der Waals surface area contributed by atoms with E-state index in [9.17, 15) is 13.2 Å². The molecule has 0 saturated carbocycles. The van der Waals surface area contributed by atoms with Crippen LogP contribution in [0.25, 0.3) is 0 Å². The number of carbonyl (C=O) groups is 1. The minimum atomic E-state index is -3.54. The molecule has 0 aromatic rings. The normalized spacial score (nSPS) is 11.1. The van der Waals surface area contributed by atoms with Crippen LogP contribution in [0, 0.1) is 0 Å². The maximum atomic E-state index is 10.5. The van der Waals surface area contributed by atoms with Crippen molar-refractivity contribution >= 4 is 16.1 Å². The number of carbonyl (C=O) groups excluding carboxylic acids is 1. The Morgan fingerprint density at radius 2 is 2.00 bits per heavy atom. The summed E-state index contributed by atoms with van der Waals surface area (Å²) in [5, 5.41) is 0. The van der Waals surface area contributed by atoms with Gasteiger partial charge in [0.15, 0.2) is 6.61 Å². The van der Waals surface area contributed by atoms with E-state index >= 15 is 0 Å². The molecule has 0 aliphatic rings. The van der Waals surface area contributed by atoms with Crippen molar-refractivity contribution in [2.75, 3.05) is 19.5 Å². The molecule has 0 aromatic heterocycles. The largest absolute Gasteiger partial charge is 0.464 e. The molecule has 0 fully saturated rings. The first kappa shape index (κ1) is 10.4. The Bertz CT molecular complexity index is 217. The van der Waals surface area contributed by atoms with Crippen LogP contribution in [0.15, 0.2) is 0 Å². The molecule has 66 valence electrons. The third kappa shape index (κ3) is 7.27. The van der Waals surface area contributed by atoms with Crippen molar-refractivity contribution in [2.45, 2.75) is 6.92 Å². The van der Waals surface area contributed by atoms with Crippen LogP contribution in [0.2, 0.25) is 0 Å². The lowest BCUT2D eigenvalue weighted by atomic mass is 10.7. The van der Waals surface area contributed by atoms with Gasteiger partial charge in [-0.15, -0.1) is 0 Å². The van der Waals surface area contributed by atoms with Crippen molar-refractivity contribution < 1.29 is 22.1 Å². The van der Waals surface area contributed by atoms with Gasteiger partial charge >= 0.3 is 5.97 Å². The Hall–Kier alpha value is -0.620. The number of ether oxygens (including phenoxy) is 1. The van der Waals surface area contributed by atoms with Crippen LogP contribution in [-0.2, 0) is 23.8 Å². The van der Waals surface area contributed by atoms with E-state index in [4.69, 9.17) is 0 Å². The molecule has 0 unspecified atom stereocenters. The van der Waals surface area contributed by atoms with Crippen molar-refractivity contribution in [3.63, 3.8) is 0 Å². The number of hydrogen-bond acceptors (Lipinski definition) is 5. The van der Waals surface area contributed by atoms with Gasteiger partial charge in [0.05, 0.1) is 12.9 Å². The zero-order valence-corrected chi connectivity index (χ0v) is 7.18. The summed E-state index contributed by atoms with van der Waals surface area (Å²) in [6, 6.07) is 0. The van der Waals surface area contributed by atoms with Gasteiger partial charge in [-0.25, -0.2) is 4.79 Å². The van der Waals surface area contributed by atoms with Crippen molar-refractivity contribution in [1.29, 1.82) is 0 Å². The van der Waals surface area contributed by atoms with Gasteiger partial charge in [-0.1, -0.05) is 0 Å². The third-order valence-corrected chi connectivity index (χ3v) is 1.24. The highest BCUT2D eigenvalue weighted by Gasteiger charge is 2.07. The lowest BCUT2D eigenvalue weighted by Gasteiger charge is -2.00. The molecule has 0 amide bonds. The highest BCUT2D eigenvalue weighted by molar-refractivity contribution is 7.86. The minimum absolute atomic E-state index is 0.214. The molecule has 0 radical (unpaired) electrons. The molecule has 0 aliphatic carbocycles. The molecular formula is C5H10O5S. The number of hydrogen-bond donors (Lipinski definition) is 0. The third-order valence-electron chi connectivity index (χ3n) is 0.696. The van der Waals surface area contributed by atoms with Crippen LogP contribution < -0.4 is 0 Å². The average molecular weight is 182 g/mol. The van der Waals surface area contributed by atoms with Crippen LogP contribution in [0.4, 0.5) is 0 Å². The SMILES string of the molecule is CCOC(=O)COS(C)(=O)=O. The lowest BCUT2D eigenvalue weighted by molar-refractivity contribution is -0.145. The first-order valence-corrected chi connectivity index (χ1v) is 4.77. The van der Waals surface area contributed by atoms with E-state index in [1.165, 1.54) is 0 Å². The Labute approximate surface area is 65.4 Å². The summed E-state index contributed by atoms with van der Waals surface area (Å²) in [5.41, 5.74) is 0. The van der Waals surface area contributed by atoms with Crippen molar-refractivity contribution in [3.8, 4) is 0 Å². The van der Waals surface area contributed by atoms with Gasteiger partial charge in [-0.2, -0.15) is 8.42 Å². The van der Waals surface area contributed by atoms with Crippen LogP contribution in [0.1, 0.15) is 6.92 Å². The van der Waals surface area contributed by atoms with E-state index in [1.807, 2.05) is 0 Å². The first-order chi connectivity index (χ1) is 4.95. The van der Waals surface area contributed by atoms with Crippen LogP contribution >= 0.6 is 0 Å². The summed E-state index contributed by atoms with van der Waals surface area (Å²) in [6.45, 7) is 1.29. The first-order valence-electron chi connectivity index (χ1n) is 2.95. The molecule has 0 heterocycles. The second-order valence-electron chi connectivity index (χ2n) is 1.77. The molecular weight excluding hydrogens is 172 g/mol. The molecule has 0 aliphatic heterocycles. The molecule has 0 spiro atoms. The van der Waals surface area contributed by atoms with Crippen molar-refractivity contribution in [2.24, 2.45) is 0 Å². The van der Waals surface area contributed by atoms with E-state index in [1.54, 1.807) is 6.92 Å². The molecule has 0 rings (SSSR count). The Morgan fingerprint density at radius 1 is 1.45 bits per heavy atom. The fourth-order valence-electron chi connectivity index (χ4n) is 0.358. The predicted octanol–water partition coefficient (Wildman–Crippen LogP) is -0.474. The smallest absolute Gasteiger partial charge is 0.333 e. The maximum Gasteiger partial charge on any atom is 0.333 e. The second-order valence-corrected chi connectivity index (χ2v) is 3.42. The molecule has 11 heavy (non-hydrogen) atoms. The van der Waals surface area contributed by atoms with Gasteiger partial charge in [-0.05, 0) is 6.92 Å². The van der Waals surface area contributed by atoms with E-state index in [2.05, 4.69) is 8.92 Å². The summed E-state index contributed by atoms with van der Waals surface area (Å²) < 4.78 is 29.2. The van der Waals surface area contributed by atoms with Gasteiger partial charge in [0.1, 0.15) is 0 Å². The van der Waals surface area contributed by atoms with Gasteiger partial charge in [-0.3, -0.25) is 4.18 Å². The zero-order valence-electron chi connectivity index (χ0n) is 6.36. The van der Waals surface area contributed by atoms with Crippen molar-refractivity contribution in [3.05, 3.63) is 0 Å². The Morgan fingerprint density at radius 3 is 2.36 bits per heavy atom. The van der Waals surface area contributed by atoms with Crippen LogP contribution in [-0.4, -0.2) is 33.9 Å². The summed E-state index contributed by atoms with van der Waals surface area (Å²) >= 11 is 0. The molecule has 5 nitrogen and oxygen atoms in total. The topological polar surface area (TPSA) is 69.7 Å². The fraction of sp³-hybridized carbons (Fsp3) is 0.800. The minimum Gasteiger partial charge on any atom is -0.464 e. The predicted molar refractivity (Wildman–Crippen MR) is 37.4 cm³/mol. The second kappa shape index (κ2) is 4.30. The average Bonchev–Trinajstić information content (AvgIpc) is 1.83. The molecule has 6 heteroatoms. The summed E-state index contributed by atoms with van der Waals surface area (Å²) in [5.74, 6) is -0.682. The molecule has 0 saturated heterocycles. The highest BCUT2D eigenvalue weighted by Crippen LogP contribution is 1.87. The van der Waals surface area contributed by atoms with Gasteiger partial charge < -0.3 is 4.74 Å². The summed E-state index contributed by atoms with van der Waals surface area (Å²) in [6.07, 6.45) is 0.867. The number of esters is 1. The zero-order chi connectivity index (χ0) is 8.91. The van der Waals surface area contributed by atoms with Gasteiger partial charge in [0.25, 0.3) is 10.1 Å². The van der Waals surface area contributed by atoms with Crippen LogP contribution in [0.5, 0.6) is 0 Å². The quantitative estimate of drug-likeness (QED) is 0.434. The van der Waals surface area contributed by atoms with Gasteiger partial charge in [0.2, 0.25) is 0 Å². The highest BCUT2D eigenvalue weighted by atomic mass is 32.2. The monoisotopic (exact) mass is 182 g/mol. The van der Waals surface area contributed by atoms with E-state index in [0.717, 1.165) is 6.26 Å².